The Morgan fingerprint density at radius 1 is 1.25 bits per heavy atom. The molecule has 0 aromatic heterocycles. The van der Waals surface area contributed by atoms with Crippen molar-refractivity contribution >= 4 is 11.6 Å². The highest BCUT2D eigenvalue weighted by Gasteiger charge is 2.17. The van der Waals surface area contributed by atoms with Gasteiger partial charge in [-0.25, -0.2) is 0 Å². The summed E-state index contributed by atoms with van der Waals surface area (Å²) in [6.45, 7) is 1.09. The molecule has 0 unspecified atom stereocenters. The molecule has 2 aromatic carbocycles. The first-order valence-electron chi connectivity index (χ1n) is 6.33. The zero-order chi connectivity index (χ0) is 13.9. The Morgan fingerprint density at radius 2 is 2.05 bits per heavy atom. The maximum Gasteiger partial charge on any atom is 0.129 e. The minimum Gasteiger partial charge on any atom is -0.493 e. The lowest BCUT2D eigenvalue weighted by atomic mass is 10.1. The van der Waals surface area contributed by atoms with Crippen molar-refractivity contribution in [3.8, 4) is 17.6 Å². The van der Waals surface area contributed by atoms with Gasteiger partial charge in [0.1, 0.15) is 18.1 Å². The summed E-state index contributed by atoms with van der Waals surface area (Å²) in [5.74, 6) is 1.61. The highest BCUT2D eigenvalue weighted by molar-refractivity contribution is 6.30. The van der Waals surface area contributed by atoms with Crippen molar-refractivity contribution in [1.82, 2.24) is 0 Å². The molecule has 0 atom stereocenters. The molecular weight excluding hydrogens is 274 g/mol. The number of hydrogen-bond donors (Lipinski definition) is 0. The first-order valence-corrected chi connectivity index (χ1v) is 6.71. The van der Waals surface area contributed by atoms with Crippen LogP contribution in [0.1, 0.15) is 16.7 Å². The Hall–Kier alpha value is -2.18. The van der Waals surface area contributed by atoms with Gasteiger partial charge >= 0.3 is 0 Å². The van der Waals surface area contributed by atoms with Crippen molar-refractivity contribution in [2.75, 3.05) is 6.61 Å². The molecule has 0 aliphatic carbocycles. The summed E-state index contributed by atoms with van der Waals surface area (Å²) >= 11 is 6.10. The highest BCUT2D eigenvalue weighted by atomic mass is 35.5. The fourth-order valence-electron chi connectivity index (χ4n) is 2.24. The first kappa shape index (κ1) is 12.8. The van der Waals surface area contributed by atoms with Crippen LogP contribution in [0.2, 0.25) is 5.02 Å². The van der Waals surface area contributed by atoms with E-state index in [0.29, 0.717) is 23.8 Å². The van der Waals surface area contributed by atoms with Crippen LogP contribution in [0.25, 0.3) is 0 Å². The molecule has 0 bridgehead atoms. The second kappa shape index (κ2) is 5.44. The maximum absolute atomic E-state index is 8.75. The number of ether oxygens (including phenoxy) is 2. The zero-order valence-electron chi connectivity index (χ0n) is 10.7. The summed E-state index contributed by atoms with van der Waals surface area (Å²) < 4.78 is 11.4. The van der Waals surface area contributed by atoms with Gasteiger partial charge in [-0.3, -0.25) is 0 Å². The van der Waals surface area contributed by atoms with Crippen LogP contribution in [-0.2, 0) is 13.0 Å². The lowest BCUT2D eigenvalue weighted by Crippen LogP contribution is -1.98. The van der Waals surface area contributed by atoms with Gasteiger partial charge in [-0.1, -0.05) is 11.6 Å². The third-order valence-corrected chi connectivity index (χ3v) is 3.42. The van der Waals surface area contributed by atoms with Crippen molar-refractivity contribution in [3.05, 3.63) is 58.1 Å². The summed E-state index contributed by atoms with van der Waals surface area (Å²) in [4.78, 5) is 0. The molecule has 3 rings (SSSR count). The van der Waals surface area contributed by atoms with E-state index in [2.05, 4.69) is 6.07 Å². The van der Waals surface area contributed by atoms with Crippen LogP contribution >= 0.6 is 11.6 Å². The molecule has 20 heavy (non-hydrogen) atoms. The molecule has 0 N–H and O–H groups in total. The fourth-order valence-corrected chi connectivity index (χ4v) is 2.50. The summed E-state index contributed by atoms with van der Waals surface area (Å²) in [5.41, 5.74) is 2.70. The van der Waals surface area contributed by atoms with Gasteiger partial charge in [0.05, 0.1) is 18.2 Å². The number of fused-ring (bicyclic) bond motifs is 1. The summed E-state index contributed by atoms with van der Waals surface area (Å²) in [5, 5.41) is 9.45. The third kappa shape index (κ3) is 2.56. The number of benzene rings is 2. The molecule has 4 heteroatoms. The van der Waals surface area contributed by atoms with E-state index >= 15 is 0 Å². The van der Waals surface area contributed by atoms with Gasteiger partial charge in [0, 0.05) is 17.0 Å². The average molecular weight is 286 g/mol. The monoisotopic (exact) mass is 285 g/mol. The molecule has 1 aliphatic heterocycles. The molecule has 0 saturated carbocycles. The Morgan fingerprint density at radius 3 is 2.80 bits per heavy atom. The topological polar surface area (TPSA) is 42.2 Å². The van der Waals surface area contributed by atoms with Gasteiger partial charge in [-0.05, 0) is 42.0 Å². The van der Waals surface area contributed by atoms with E-state index in [0.717, 1.165) is 29.0 Å². The van der Waals surface area contributed by atoms with Gasteiger partial charge in [0.2, 0.25) is 0 Å². The predicted molar refractivity (Wildman–Crippen MR) is 76.1 cm³/mol. The van der Waals surface area contributed by atoms with E-state index in [4.69, 9.17) is 26.3 Å². The molecular formula is C16H12ClNO2. The Balaban J connectivity index is 1.77. The Bertz CT molecular complexity index is 674. The minimum absolute atomic E-state index is 0.398. The predicted octanol–water partition coefficient (Wildman–Crippen LogP) is 3.73. The number of nitrogens with zero attached hydrogens (tertiary/aromatic N) is 1. The molecule has 3 nitrogen and oxygen atoms in total. The fraction of sp³-hybridized carbons (Fsp3) is 0.188. The van der Waals surface area contributed by atoms with Crippen LogP contribution in [0.3, 0.4) is 0 Å². The zero-order valence-corrected chi connectivity index (χ0v) is 11.5. The van der Waals surface area contributed by atoms with Crippen molar-refractivity contribution in [2.45, 2.75) is 13.0 Å². The van der Waals surface area contributed by atoms with E-state index in [1.807, 2.05) is 12.1 Å². The molecule has 0 fully saturated rings. The van der Waals surface area contributed by atoms with Crippen LogP contribution in [0, 0.1) is 11.3 Å². The molecule has 0 saturated heterocycles. The molecule has 0 radical (unpaired) electrons. The lowest BCUT2D eigenvalue weighted by Gasteiger charge is -2.10. The molecule has 0 spiro atoms. The molecule has 1 aliphatic rings. The quantitative estimate of drug-likeness (QED) is 0.863. The van der Waals surface area contributed by atoms with Crippen LogP contribution in [0.15, 0.2) is 36.4 Å². The third-order valence-electron chi connectivity index (χ3n) is 3.20. The van der Waals surface area contributed by atoms with E-state index in [1.165, 1.54) is 0 Å². The Labute approximate surface area is 122 Å². The molecule has 2 aromatic rings. The Kier molecular flexibility index (Phi) is 3.49. The molecule has 1 heterocycles. The number of nitriles is 1. The summed E-state index contributed by atoms with van der Waals surface area (Å²) in [6.07, 6.45) is 0.889. The van der Waals surface area contributed by atoms with Crippen molar-refractivity contribution in [2.24, 2.45) is 0 Å². The molecule has 0 amide bonds. The standard InChI is InChI=1S/C16H12ClNO2/c17-14-7-12-5-6-19-16(12)13(8-14)10-20-15-3-1-11(9-18)2-4-15/h1-4,7-8H,5-6,10H2. The number of rotatable bonds is 3. The van der Waals surface area contributed by atoms with Crippen LogP contribution in [0.4, 0.5) is 0 Å². The van der Waals surface area contributed by atoms with Gasteiger partial charge in [-0.15, -0.1) is 0 Å². The van der Waals surface area contributed by atoms with Crippen molar-refractivity contribution in [3.63, 3.8) is 0 Å². The van der Waals surface area contributed by atoms with Gasteiger partial charge in [0.15, 0.2) is 0 Å². The number of halogens is 1. The van der Waals surface area contributed by atoms with Crippen LogP contribution in [-0.4, -0.2) is 6.61 Å². The normalized spacial score (nSPS) is 12.4. The van der Waals surface area contributed by atoms with Gasteiger partial charge in [-0.2, -0.15) is 5.26 Å². The second-order valence-electron chi connectivity index (χ2n) is 4.58. The van der Waals surface area contributed by atoms with E-state index in [1.54, 1.807) is 24.3 Å². The van der Waals surface area contributed by atoms with Crippen molar-refractivity contribution < 1.29 is 9.47 Å². The second-order valence-corrected chi connectivity index (χ2v) is 5.01. The van der Waals surface area contributed by atoms with Crippen molar-refractivity contribution in [1.29, 1.82) is 5.26 Å². The highest BCUT2D eigenvalue weighted by Crippen LogP contribution is 2.33. The summed E-state index contributed by atoms with van der Waals surface area (Å²) in [6, 6.07) is 12.9. The molecule has 100 valence electrons. The van der Waals surface area contributed by atoms with Crippen LogP contribution in [0.5, 0.6) is 11.5 Å². The largest absolute Gasteiger partial charge is 0.493 e. The van der Waals surface area contributed by atoms with E-state index in [-0.39, 0.29) is 0 Å². The van der Waals surface area contributed by atoms with E-state index in [9.17, 15) is 0 Å². The van der Waals surface area contributed by atoms with Crippen LogP contribution < -0.4 is 9.47 Å². The summed E-state index contributed by atoms with van der Waals surface area (Å²) in [7, 11) is 0. The van der Waals surface area contributed by atoms with Gasteiger partial charge < -0.3 is 9.47 Å². The smallest absolute Gasteiger partial charge is 0.129 e. The minimum atomic E-state index is 0.398. The number of hydrogen-bond acceptors (Lipinski definition) is 3. The van der Waals surface area contributed by atoms with Gasteiger partial charge in [0.25, 0.3) is 0 Å². The average Bonchev–Trinajstić information content (AvgIpc) is 2.93. The van der Waals surface area contributed by atoms with E-state index < -0.39 is 0 Å². The first-order chi connectivity index (χ1) is 9.76. The lowest BCUT2D eigenvalue weighted by molar-refractivity contribution is 0.292. The maximum atomic E-state index is 8.75. The SMILES string of the molecule is N#Cc1ccc(OCc2cc(Cl)cc3c2OCC3)cc1.